The first-order valence-electron chi connectivity index (χ1n) is 9.12. The molecule has 2 aromatic heterocycles. The topological polar surface area (TPSA) is 66.7 Å². The number of aromatic nitrogens is 2. The summed E-state index contributed by atoms with van der Waals surface area (Å²) in [6, 6.07) is 13.1. The van der Waals surface area contributed by atoms with Gasteiger partial charge in [0.05, 0.1) is 5.69 Å². The third-order valence-corrected chi connectivity index (χ3v) is 5.01. The zero-order valence-corrected chi connectivity index (χ0v) is 15.5. The number of piperazine rings is 1. The number of hydrogen-bond acceptors (Lipinski definition) is 3. The molecule has 3 aromatic rings. The second-order valence-electron chi connectivity index (χ2n) is 6.98. The van der Waals surface area contributed by atoms with Crippen molar-refractivity contribution in [3.8, 4) is 0 Å². The van der Waals surface area contributed by atoms with Gasteiger partial charge in [-0.3, -0.25) is 14.0 Å². The normalized spacial score (nSPS) is 17.2. The summed E-state index contributed by atoms with van der Waals surface area (Å²) in [6.07, 6.45) is 2.41. The fraction of sp³-hybridized carbons (Fsp3) is 0.286. The molecule has 0 bridgehead atoms. The fourth-order valence-electron chi connectivity index (χ4n) is 3.66. The number of nitrogens with one attached hydrogen (secondary N) is 1. The number of imidazole rings is 1. The van der Waals surface area contributed by atoms with E-state index in [0.29, 0.717) is 30.9 Å². The van der Waals surface area contributed by atoms with Crippen molar-refractivity contribution in [2.75, 3.05) is 13.1 Å². The number of nitrogens with zero attached hydrogens (tertiary/aromatic N) is 3. The number of pyridine rings is 1. The van der Waals surface area contributed by atoms with Crippen LogP contribution in [-0.2, 0) is 11.2 Å². The summed E-state index contributed by atoms with van der Waals surface area (Å²) in [6.45, 7) is 4.77. The maximum atomic E-state index is 13.4. The van der Waals surface area contributed by atoms with Crippen LogP contribution in [0.4, 0.5) is 0 Å². The summed E-state index contributed by atoms with van der Waals surface area (Å²) < 4.78 is 1.83. The molecule has 2 amide bonds. The van der Waals surface area contributed by atoms with Crippen LogP contribution in [0.3, 0.4) is 0 Å². The van der Waals surface area contributed by atoms with E-state index >= 15 is 0 Å². The number of amides is 2. The van der Waals surface area contributed by atoms with Crippen LogP contribution in [0, 0.1) is 13.8 Å². The molecule has 0 aliphatic carbocycles. The summed E-state index contributed by atoms with van der Waals surface area (Å²) >= 11 is 0. The lowest BCUT2D eigenvalue weighted by atomic mass is 10.0. The van der Waals surface area contributed by atoms with Gasteiger partial charge in [0.2, 0.25) is 5.91 Å². The van der Waals surface area contributed by atoms with E-state index in [4.69, 9.17) is 0 Å². The molecule has 4 rings (SSSR count). The zero-order valence-electron chi connectivity index (χ0n) is 15.5. The van der Waals surface area contributed by atoms with Crippen molar-refractivity contribution in [3.63, 3.8) is 0 Å². The molecule has 1 fully saturated rings. The average Bonchev–Trinajstić information content (AvgIpc) is 2.98. The fourth-order valence-corrected chi connectivity index (χ4v) is 3.66. The number of carbonyl (C=O) groups excluding carboxylic acids is 2. The van der Waals surface area contributed by atoms with Crippen molar-refractivity contribution in [2.24, 2.45) is 0 Å². The molecule has 6 heteroatoms. The maximum Gasteiger partial charge on any atom is 0.273 e. The van der Waals surface area contributed by atoms with Gasteiger partial charge < -0.3 is 10.2 Å². The van der Waals surface area contributed by atoms with E-state index < -0.39 is 6.04 Å². The number of carbonyl (C=O) groups is 2. The standard InChI is InChI=1S/C21H22N4O2/c1-14-8-9-18-23-15(2)19(25(18)13-14)21(27)24-11-10-22-20(26)17(24)12-16-6-4-3-5-7-16/h3-9,13,17H,10-12H2,1-2H3,(H,22,26). The number of fused-ring (bicyclic) bond motifs is 1. The Balaban J connectivity index is 1.72. The molecular weight excluding hydrogens is 340 g/mol. The van der Waals surface area contributed by atoms with Crippen molar-refractivity contribution in [1.82, 2.24) is 19.6 Å². The predicted molar refractivity (Wildman–Crippen MR) is 103 cm³/mol. The average molecular weight is 362 g/mol. The Bertz CT molecular complexity index is 1010. The van der Waals surface area contributed by atoms with Crippen molar-refractivity contribution >= 4 is 17.5 Å². The summed E-state index contributed by atoms with van der Waals surface area (Å²) in [5.41, 5.74) is 4.02. The first-order valence-corrected chi connectivity index (χ1v) is 9.12. The highest BCUT2D eigenvalue weighted by atomic mass is 16.2. The van der Waals surface area contributed by atoms with E-state index in [-0.39, 0.29) is 11.8 Å². The monoisotopic (exact) mass is 362 g/mol. The van der Waals surface area contributed by atoms with Gasteiger partial charge in [0.15, 0.2) is 0 Å². The molecule has 1 atom stereocenters. The van der Waals surface area contributed by atoms with Crippen LogP contribution in [0.15, 0.2) is 48.7 Å². The van der Waals surface area contributed by atoms with Gasteiger partial charge in [0.1, 0.15) is 17.4 Å². The van der Waals surface area contributed by atoms with E-state index in [0.717, 1.165) is 16.8 Å². The van der Waals surface area contributed by atoms with Crippen molar-refractivity contribution in [2.45, 2.75) is 26.3 Å². The van der Waals surface area contributed by atoms with E-state index in [2.05, 4.69) is 10.3 Å². The predicted octanol–water partition coefficient (Wildman–Crippen LogP) is 2.13. The van der Waals surface area contributed by atoms with Gasteiger partial charge in [-0.1, -0.05) is 36.4 Å². The third kappa shape index (κ3) is 3.18. The highest BCUT2D eigenvalue weighted by Crippen LogP contribution is 2.20. The minimum atomic E-state index is -0.525. The van der Waals surface area contributed by atoms with Gasteiger partial charge in [-0.2, -0.15) is 0 Å². The Hall–Kier alpha value is -3.15. The molecule has 138 valence electrons. The number of hydrogen-bond donors (Lipinski definition) is 1. The van der Waals surface area contributed by atoms with Gasteiger partial charge in [0.25, 0.3) is 5.91 Å². The van der Waals surface area contributed by atoms with Crippen LogP contribution >= 0.6 is 0 Å². The summed E-state index contributed by atoms with van der Waals surface area (Å²) in [7, 11) is 0. The molecule has 0 saturated carbocycles. The summed E-state index contributed by atoms with van der Waals surface area (Å²) in [5, 5.41) is 2.89. The molecule has 0 spiro atoms. The van der Waals surface area contributed by atoms with Crippen LogP contribution < -0.4 is 5.32 Å². The lowest BCUT2D eigenvalue weighted by Crippen LogP contribution is -2.58. The van der Waals surface area contributed by atoms with Crippen molar-refractivity contribution in [3.05, 3.63) is 71.2 Å². The van der Waals surface area contributed by atoms with Crippen molar-refractivity contribution in [1.29, 1.82) is 0 Å². The smallest absolute Gasteiger partial charge is 0.273 e. The highest BCUT2D eigenvalue weighted by Gasteiger charge is 2.35. The summed E-state index contributed by atoms with van der Waals surface area (Å²) in [4.78, 5) is 32.2. The molecule has 27 heavy (non-hydrogen) atoms. The number of aryl methyl sites for hydroxylation is 2. The molecule has 1 aromatic carbocycles. The van der Waals surface area contributed by atoms with Crippen LogP contribution in [0.5, 0.6) is 0 Å². The van der Waals surface area contributed by atoms with Crippen LogP contribution in [0.25, 0.3) is 5.65 Å². The zero-order chi connectivity index (χ0) is 19.0. The molecule has 6 nitrogen and oxygen atoms in total. The molecule has 0 radical (unpaired) electrons. The van der Waals surface area contributed by atoms with Gasteiger partial charge in [0, 0.05) is 25.7 Å². The second-order valence-corrected chi connectivity index (χ2v) is 6.98. The molecule has 1 aliphatic rings. The molecule has 1 aliphatic heterocycles. The van der Waals surface area contributed by atoms with E-state index in [1.807, 2.05) is 66.9 Å². The highest BCUT2D eigenvalue weighted by molar-refractivity contribution is 5.98. The number of benzene rings is 1. The lowest BCUT2D eigenvalue weighted by Gasteiger charge is -2.35. The Morgan fingerprint density at radius 1 is 1.19 bits per heavy atom. The molecule has 1 unspecified atom stereocenters. The Labute approximate surface area is 157 Å². The van der Waals surface area contributed by atoms with E-state index in [1.165, 1.54) is 0 Å². The van der Waals surface area contributed by atoms with Gasteiger partial charge >= 0.3 is 0 Å². The first-order chi connectivity index (χ1) is 13.0. The van der Waals surface area contributed by atoms with E-state index in [1.54, 1.807) is 4.90 Å². The van der Waals surface area contributed by atoms with Crippen LogP contribution in [-0.4, -0.2) is 45.2 Å². The second kappa shape index (κ2) is 6.87. The third-order valence-electron chi connectivity index (χ3n) is 5.01. The molecule has 1 N–H and O–H groups in total. The summed E-state index contributed by atoms with van der Waals surface area (Å²) in [5.74, 6) is -0.262. The first kappa shape index (κ1) is 17.3. The largest absolute Gasteiger partial charge is 0.353 e. The Morgan fingerprint density at radius 3 is 2.74 bits per heavy atom. The minimum absolute atomic E-state index is 0.110. The lowest BCUT2D eigenvalue weighted by molar-refractivity contribution is -0.127. The minimum Gasteiger partial charge on any atom is -0.353 e. The maximum absolute atomic E-state index is 13.4. The van der Waals surface area contributed by atoms with Gasteiger partial charge in [-0.15, -0.1) is 0 Å². The van der Waals surface area contributed by atoms with Gasteiger partial charge in [-0.25, -0.2) is 4.98 Å². The Morgan fingerprint density at radius 2 is 1.96 bits per heavy atom. The van der Waals surface area contributed by atoms with Crippen LogP contribution in [0.2, 0.25) is 0 Å². The van der Waals surface area contributed by atoms with E-state index in [9.17, 15) is 9.59 Å². The van der Waals surface area contributed by atoms with Gasteiger partial charge in [-0.05, 0) is 31.0 Å². The Kier molecular flexibility index (Phi) is 4.39. The number of rotatable bonds is 3. The van der Waals surface area contributed by atoms with Crippen molar-refractivity contribution < 1.29 is 9.59 Å². The SMILES string of the molecule is Cc1ccc2nc(C)c(C(=O)N3CCNC(=O)C3Cc3ccccc3)n2c1. The molecule has 3 heterocycles. The van der Waals surface area contributed by atoms with Crippen LogP contribution in [0.1, 0.15) is 27.3 Å². The molecular formula is C21H22N4O2. The quantitative estimate of drug-likeness (QED) is 0.776. The molecule has 1 saturated heterocycles.